The number of benzene rings is 1. The van der Waals surface area contributed by atoms with Gasteiger partial charge in [0.05, 0.1) is 18.2 Å². The molecule has 4 rings (SSSR count). The summed E-state index contributed by atoms with van der Waals surface area (Å²) in [4.78, 5) is 44.0. The molecule has 0 saturated heterocycles. The Labute approximate surface area is 163 Å². The van der Waals surface area contributed by atoms with Crippen LogP contribution in [-0.2, 0) is 14.3 Å². The smallest absolute Gasteiger partial charge is 0.335 e. The molecule has 0 N–H and O–H groups in total. The van der Waals surface area contributed by atoms with E-state index in [1.165, 1.54) is 12.0 Å². The van der Waals surface area contributed by atoms with Gasteiger partial charge in [0.2, 0.25) is 5.90 Å². The van der Waals surface area contributed by atoms with Crippen LogP contribution in [0.3, 0.4) is 0 Å². The topological polar surface area (TPSA) is 85.3 Å². The van der Waals surface area contributed by atoms with E-state index in [0.29, 0.717) is 23.4 Å². The normalized spacial score (nSPS) is 31.6. The van der Waals surface area contributed by atoms with E-state index in [-0.39, 0.29) is 24.3 Å². The Balaban J connectivity index is 1.60. The Kier molecular flexibility index (Phi) is 3.77. The number of hydrogen-bond acceptors (Lipinski definition) is 6. The number of carbonyl (C=O) groups excluding carboxylic acids is 3. The first-order chi connectivity index (χ1) is 13.0. The van der Waals surface area contributed by atoms with Crippen molar-refractivity contribution in [3.8, 4) is 0 Å². The van der Waals surface area contributed by atoms with Crippen molar-refractivity contribution in [2.75, 3.05) is 13.7 Å². The SMILES string of the molecule is COC1=N[C@]2(C[C@H]2CN2C(=O)c3ccccc3C2=O)C(=O)O[C@]1(C)C(C)(C)C. The molecule has 1 aliphatic carbocycles. The molecule has 0 aromatic heterocycles. The van der Waals surface area contributed by atoms with E-state index in [9.17, 15) is 14.4 Å². The molecule has 3 atom stereocenters. The predicted molar refractivity (Wildman–Crippen MR) is 101 cm³/mol. The number of imide groups is 1. The first kappa shape index (κ1) is 18.7. The highest BCUT2D eigenvalue weighted by Crippen LogP contribution is 2.54. The van der Waals surface area contributed by atoms with E-state index < -0.39 is 22.5 Å². The Bertz CT molecular complexity index is 896. The van der Waals surface area contributed by atoms with Crippen LogP contribution in [0.1, 0.15) is 54.8 Å². The number of esters is 1. The van der Waals surface area contributed by atoms with Crippen molar-refractivity contribution in [3.63, 3.8) is 0 Å². The van der Waals surface area contributed by atoms with E-state index in [1.807, 2.05) is 20.8 Å². The fourth-order valence-corrected chi connectivity index (χ4v) is 3.91. The van der Waals surface area contributed by atoms with E-state index in [2.05, 4.69) is 4.99 Å². The molecule has 28 heavy (non-hydrogen) atoms. The number of aliphatic imine (C=N–C) groups is 1. The van der Waals surface area contributed by atoms with Gasteiger partial charge in [-0.3, -0.25) is 14.5 Å². The molecule has 2 amide bonds. The number of nitrogens with zero attached hydrogens (tertiary/aromatic N) is 2. The molecule has 2 aliphatic heterocycles. The zero-order valence-corrected chi connectivity index (χ0v) is 16.7. The number of fused-ring (bicyclic) bond motifs is 1. The third kappa shape index (κ3) is 2.34. The van der Waals surface area contributed by atoms with Gasteiger partial charge in [0.15, 0.2) is 11.1 Å². The standard InChI is InChI=1S/C21H24N2O5/c1-19(2,3)20(4)17(27-5)22-21(18(26)28-20)10-12(21)11-23-15(24)13-8-6-7-9-14(13)16(23)25/h6-9,12H,10-11H2,1-5H3/t12-,20-,21-/m0/s1. The summed E-state index contributed by atoms with van der Waals surface area (Å²) in [5.74, 6) is -1.00. The molecule has 0 radical (unpaired) electrons. The fraction of sp³-hybridized carbons (Fsp3) is 0.524. The van der Waals surface area contributed by atoms with Gasteiger partial charge in [0, 0.05) is 17.9 Å². The third-order valence-corrected chi connectivity index (χ3v) is 6.34. The van der Waals surface area contributed by atoms with E-state index in [0.717, 1.165) is 0 Å². The summed E-state index contributed by atoms with van der Waals surface area (Å²) in [6.07, 6.45) is 0.423. The molecule has 2 heterocycles. The van der Waals surface area contributed by atoms with Crippen molar-refractivity contribution in [1.82, 2.24) is 4.90 Å². The number of ether oxygens (including phenoxy) is 2. The minimum absolute atomic E-state index is 0.133. The lowest BCUT2D eigenvalue weighted by Crippen LogP contribution is -2.57. The number of cyclic esters (lactones) is 1. The van der Waals surface area contributed by atoms with Gasteiger partial charge < -0.3 is 9.47 Å². The van der Waals surface area contributed by atoms with Gasteiger partial charge >= 0.3 is 5.97 Å². The Morgan fingerprint density at radius 2 is 1.75 bits per heavy atom. The highest BCUT2D eigenvalue weighted by Gasteiger charge is 2.68. The number of amides is 2. The minimum Gasteiger partial charge on any atom is -0.481 e. The van der Waals surface area contributed by atoms with Crippen LogP contribution in [0.25, 0.3) is 0 Å². The van der Waals surface area contributed by atoms with Crippen molar-refractivity contribution in [2.24, 2.45) is 16.3 Å². The predicted octanol–water partition coefficient (Wildman–Crippen LogP) is 2.45. The molecule has 1 fully saturated rings. The second kappa shape index (κ2) is 5.65. The monoisotopic (exact) mass is 384 g/mol. The average Bonchev–Trinajstić information content (AvgIpc) is 3.28. The van der Waals surface area contributed by atoms with Crippen LogP contribution in [-0.4, -0.2) is 53.4 Å². The van der Waals surface area contributed by atoms with Crippen molar-refractivity contribution in [1.29, 1.82) is 0 Å². The quantitative estimate of drug-likeness (QED) is 0.578. The summed E-state index contributed by atoms with van der Waals surface area (Å²) in [5, 5.41) is 0. The fourth-order valence-electron chi connectivity index (χ4n) is 3.91. The highest BCUT2D eigenvalue weighted by atomic mass is 16.6. The molecule has 1 saturated carbocycles. The molecule has 1 aromatic carbocycles. The Morgan fingerprint density at radius 1 is 1.18 bits per heavy atom. The zero-order chi connectivity index (χ0) is 20.5. The van der Waals surface area contributed by atoms with Crippen molar-refractivity contribution >= 4 is 23.7 Å². The van der Waals surface area contributed by atoms with Gasteiger partial charge in [0.25, 0.3) is 11.8 Å². The van der Waals surface area contributed by atoms with Crippen molar-refractivity contribution in [3.05, 3.63) is 35.4 Å². The van der Waals surface area contributed by atoms with Crippen molar-refractivity contribution in [2.45, 2.75) is 45.3 Å². The Morgan fingerprint density at radius 3 is 2.25 bits per heavy atom. The van der Waals surface area contributed by atoms with Gasteiger partial charge in [-0.25, -0.2) is 9.79 Å². The molecule has 7 nitrogen and oxygen atoms in total. The van der Waals surface area contributed by atoms with E-state index >= 15 is 0 Å². The third-order valence-electron chi connectivity index (χ3n) is 6.34. The minimum atomic E-state index is -1.08. The van der Waals surface area contributed by atoms with Gasteiger partial charge in [-0.15, -0.1) is 0 Å². The first-order valence-corrected chi connectivity index (χ1v) is 9.38. The highest BCUT2D eigenvalue weighted by molar-refractivity contribution is 6.21. The van der Waals surface area contributed by atoms with Gasteiger partial charge in [-0.05, 0) is 25.5 Å². The Hall–Kier alpha value is -2.70. The molecule has 0 unspecified atom stereocenters. The summed E-state index contributed by atoms with van der Waals surface area (Å²) in [5.41, 5.74) is -1.67. The molecule has 148 valence electrons. The molecule has 7 heteroatoms. The molecule has 0 bridgehead atoms. The zero-order valence-electron chi connectivity index (χ0n) is 16.7. The van der Waals surface area contributed by atoms with Gasteiger partial charge in [-0.1, -0.05) is 32.9 Å². The van der Waals surface area contributed by atoms with Gasteiger partial charge in [0.1, 0.15) is 0 Å². The molecular formula is C21H24N2O5. The van der Waals surface area contributed by atoms with Crippen LogP contribution in [0.15, 0.2) is 29.3 Å². The van der Waals surface area contributed by atoms with Crippen LogP contribution < -0.4 is 0 Å². The molecule has 1 aromatic rings. The van der Waals surface area contributed by atoms with Crippen LogP contribution >= 0.6 is 0 Å². The summed E-state index contributed by atoms with van der Waals surface area (Å²) < 4.78 is 11.3. The lowest BCUT2D eigenvalue weighted by atomic mass is 9.76. The second-order valence-electron chi connectivity index (χ2n) is 8.89. The first-order valence-electron chi connectivity index (χ1n) is 9.38. The maximum absolute atomic E-state index is 12.9. The maximum atomic E-state index is 12.9. The van der Waals surface area contributed by atoms with Crippen LogP contribution in [0, 0.1) is 11.3 Å². The summed E-state index contributed by atoms with van der Waals surface area (Å²) in [7, 11) is 1.51. The number of carbonyl (C=O) groups is 3. The largest absolute Gasteiger partial charge is 0.481 e. The van der Waals surface area contributed by atoms with E-state index in [1.54, 1.807) is 31.2 Å². The van der Waals surface area contributed by atoms with Crippen LogP contribution in [0.4, 0.5) is 0 Å². The van der Waals surface area contributed by atoms with Crippen molar-refractivity contribution < 1.29 is 23.9 Å². The summed E-state index contributed by atoms with van der Waals surface area (Å²) >= 11 is 0. The lowest BCUT2D eigenvalue weighted by molar-refractivity contribution is -0.168. The average molecular weight is 384 g/mol. The van der Waals surface area contributed by atoms with Crippen LogP contribution in [0.2, 0.25) is 0 Å². The second-order valence-corrected chi connectivity index (χ2v) is 8.89. The molecular weight excluding hydrogens is 360 g/mol. The summed E-state index contributed by atoms with van der Waals surface area (Å²) in [6.45, 7) is 7.79. The number of rotatable bonds is 2. The van der Waals surface area contributed by atoms with E-state index in [4.69, 9.17) is 9.47 Å². The number of hydrogen-bond donors (Lipinski definition) is 0. The maximum Gasteiger partial charge on any atom is 0.335 e. The van der Waals surface area contributed by atoms with Crippen LogP contribution in [0.5, 0.6) is 0 Å². The number of methoxy groups -OCH3 is 1. The molecule has 1 spiro atoms. The molecule has 3 aliphatic rings. The lowest BCUT2D eigenvalue weighted by Gasteiger charge is -2.44. The van der Waals surface area contributed by atoms with Gasteiger partial charge in [-0.2, -0.15) is 0 Å². The summed E-state index contributed by atoms with van der Waals surface area (Å²) in [6, 6.07) is 6.74.